The summed E-state index contributed by atoms with van der Waals surface area (Å²) >= 11 is 0. The third kappa shape index (κ3) is 3.70. The second kappa shape index (κ2) is 7.17. The van der Waals surface area contributed by atoms with Gasteiger partial charge in [-0.2, -0.15) is 5.10 Å². The van der Waals surface area contributed by atoms with E-state index in [1.54, 1.807) is 24.7 Å². The molecule has 1 aromatic carbocycles. The predicted octanol–water partition coefficient (Wildman–Crippen LogP) is 2.58. The van der Waals surface area contributed by atoms with Crippen molar-refractivity contribution in [3.8, 4) is 0 Å². The number of benzene rings is 1. The van der Waals surface area contributed by atoms with E-state index in [1.165, 1.54) is 12.1 Å². The van der Waals surface area contributed by atoms with Gasteiger partial charge in [0.15, 0.2) is 11.6 Å². The van der Waals surface area contributed by atoms with Crippen LogP contribution in [0.3, 0.4) is 0 Å². The Morgan fingerprint density at radius 2 is 2.00 bits per heavy atom. The molecule has 1 aliphatic rings. The lowest BCUT2D eigenvalue weighted by Gasteiger charge is -2.27. The number of fused-ring (bicyclic) bond motifs is 1. The van der Waals surface area contributed by atoms with E-state index < -0.39 is 11.6 Å². The summed E-state index contributed by atoms with van der Waals surface area (Å²) in [6.45, 7) is 3.45. The van der Waals surface area contributed by atoms with E-state index in [9.17, 15) is 8.78 Å². The standard InChI is InChI=1S/C18H18F2N6/c19-16-2-1-13(7-17(16)20)11-25-5-6-26-15(12-25)8-14(24-26)9-23-18-10-21-3-4-22-18/h1-4,7-8,10H,5-6,9,11-12H2,(H,22,23). The lowest BCUT2D eigenvalue weighted by molar-refractivity contribution is 0.205. The Kier molecular flexibility index (Phi) is 4.57. The van der Waals surface area contributed by atoms with Gasteiger partial charge in [0.1, 0.15) is 5.82 Å². The summed E-state index contributed by atoms with van der Waals surface area (Å²) in [7, 11) is 0. The molecule has 0 bridgehead atoms. The van der Waals surface area contributed by atoms with Crippen LogP contribution in [0.15, 0.2) is 42.9 Å². The molecule has 0 atom stereocenters. The van der Waals surface area contributed by atoms with Crippen LogP contribution in [0.4, 0.5) is 14.6 Å². The monoisotopic (exact) mass is 356 g/mol. The minimum atomic E-state index is -0.814. The van der Waals surface area contributed by atoms with Crippen LogP contribution in [-0.4, -0.2) is 31.2 Å². The van der Waals surface area contributed by atoms with Gasteiger partial charge in [-0.25, -0.2) is 13.8 Å². The molecule has 134 valence electrons. The van der Waals surface area contributed by atoms with E-state index in [0.717, 1.165) is 36.6 Å². The van der Waals surface area contributed by atoms with Gasteiger partial charge < -0.3 is 5.32 Å². The first-order chi connectivity index (χ1) is 12.7. The molecule has 0 saturated heterocycles. The number of anilines is 1. The van der Waals surface area contributed by atoms with E-state index in [4.69, 9.17) is 0 Å². The normalized spacial score (nSPS) is 14.2. The zero-order valence-electron chi connectivity index (χ0n) is 14.1. The van der Waals surface area contributed by atoms with Crippen molar-refractivity contribution in [3.05, 3.63) is 71.4 Å². The Labute approximate surface area is 149 Å². The molecule has 0 aliphatic carbocycles. The number of aromatic nitrogens is 4. The lowest BCUT2D eigenvalue weighted by Crippen LogP contribution is -2.33. The number of nitrogens with zero attached hydrogens (tertiary/aromatic N) is 5. The van der Waals surface area contributed by atoms with Gasteiger partial charge in [-0.3, -0.25) is 14.6 Å². The van der Waals surface area contributed by atoms with Crippen molar-refractivity contribution in [1.29, 1.82) is 0 Å². The summed E-state index contributed by atoms with van der Waals surface area (Å²) in [6, 6.07) is 6.12. The molecule has 1 aliphatic heterocycles. The minimum Gasteiger partial charge on any atom is -0.363 e. The van der Waals surface area contributed by atoms with Gasteiger partial charge in [-0.15, -0.1) is 0 Å². The molecule has 0 fully saturated rings. The molecule has 0 amide bonds. The Bertz CT molecular complexity index is 896. The van der Waals surface area contributed by atoms with E-state index in [0.29, 0.717) is 18.9 Å². The third-order valence-electron chi connectivity index (χ3n) is 4.33. The summed E-state index contributed by atoms with van der Waals surface area (Å²) < 4.78 is 28.4. The van der Waals surface area contributed by atoms with E-state index in [-0.39, 0.29) is 0 Å². The van der Waals surface area contributed by atoms with Crippen LogP contribution in [0.5, 0.6) is 0 Å². The van der Waals surface area contributed by atoms with E-state index in [1.807, 2.05) is 4.68 Å². The zero-order chi connectivity index (χ0) is 17.9. The first kappa shape index (κ1) is 16.6. The van der Waals surface area contributed by atoms with Crippen LogP contribution in [0.1, 0.15) is 17.0 Å². The maximum Gasteiger partial charge on any atom is 0.159 e. The average molecular weight is 356 g/mol. The average Bonchev–Trinajstić information content (AvgIpc) is 3.06. The highest BCUT2D eigenvalue weighted by Crippen LogP contribution is 2.18. The molecule has 2 aromatic heterocycles. The second-order valence-electron chi connectivity index (χ2n) is 6.25. The third-order valence-corrected chi connectivity index (χ3v) is 4.33. The van der Waals surface area contributed by atoms with Gasteiger partial charge in [-0.1, -0.05) is 6.07 Å². The summed E-state index contributed by atoms with van der Waals surface area (Å²) in [5, 5.41) is 7.80. The van der Waals surface area contributed by atoms with Crippen molar-refractivity contribution in [3.63, 3.8) is 0 Å². The van der Waals surface area contributed by atoms with Crippen molar-refractivity contribution < 1.29 is 8.78 Å². The minimum absolute atomic E-state index is 0.571. The number of rotatable bonds is 5. The van der Waals surface area contributed by atoms with Gasteiger partial charge in [0.05, 0.1) is 30.7 Å². The Balaban J connectivity index is 1.39. The molecule has 0 radical (unpaired) electrons. The highest BCUT2D eigenvalue weighted by Gasteiger charge is 2.19. The van der Waals surface area contributed by atoms with Gasteiger partial charge >= 0.3 is 0 Å². The predicted molar refractivity (Wildman–Crippen MR) is 92.1 cm³/mol. The summed E-state index contributed by atoms with van der Waals surface area (Å²) in [5.41, 5.74) is 2.80. The number of hydrogen-bond donors (Lipinski definition) is 1. The molecule has 6 nitrogen and oxygen atoms in total. The fourth-order valence-electron chi connectivity index (χ4n) is 3.07. The van der Waals surface area contributed by atoms with Crippen LogP contribution < -0.4 is 5.32 Å². The number of hydrogen-bond acceptors (Lipinski definition) is 5. The molecule has 3 aromatic rings. The maximum absolute atomic E-state index is 13.4. The lowest BCUT2D eigenvalue weighted by atomic mass is 10.2. The van der Waals surface area contributed by atoms with Gasteiger partial charge in [0.25, 0.3) is 0 Å². The van der Waals surface area contributed by atoms with Crippen molar-refractivity contribution in [1.82, 2.24) is 24.6 Å². The molecule has 8 heteroatoms. The largest absolute Gasteiger partial charge is 0.363 e. The fraction of sp³-hybridized carbons (Fsp3) is 0.278. The molecular formula is C18H18F2N6. The van der Waals surface area contributed by atoms with Crippen LogP contribution >= 0.6 is 0 Å². The molecule has 4 rings (SSSR count). The molecule has 26 heavy (non-hydrogen) atoms. The highest BCUT2D eigenvalue weighted by molar-refractivity contribution is 5.31. The molecule has 0 spiro atoms. The summed E-state index contributed by atoms with van der Waals surface area (Å²) in [4.78, 5) is 10.4. The summed E-state index contributed by atoms with van der Waals surface area (Å²) in [5.74, 6) is -0.911. The van der Waals surface area contributed by atoms with Gasteiger partial charge in [0, 0.05) is 32.0 Å². The maximum atomic E-state index is 13.4. The first-order valence-corrected chi connectivity index (χ1v) is 8.39. The molecule has 0 saturated carbocycles. The molecule has 3 heterocycles. The smallest absolute Gasteiger partial charge is 0.159 e. The van der Waals surface area contributed by atoms with Gasteiger partial charge in [-0.05, 0) is 23.8 Å². The second-order valence-corrected chi connectivity index (χ2v) is 6.25. The fourth-order valence-corrected chi connectivity index (χ4v) is 3.07. The zero-order valence-corrected chi connectivity index (χ0v) is 14.1. The molecular weight excluding hydrogens is 338 g/mol. The van der Waals surface area contributed by atoms with E-state index >= 15 is 0 Å². The molecule has 1 N–H and O–H groups in total. The van der Waals surface area contributed by atoms with Crippen molar-refractivity contribution in [2.45, 2.75) is 26.2 Å². The van der Waals surface area contributed by atoms with Crippen LogP contribution in [-0.2, 0) is 26.2 Å². The quantitative estimate of drug-likeness (QED) is 0.761. The number of nitrogens with one attached hydrogen (secondary N) is 1. The Morgan fingerprint density at radius 3 is 2.81 bits per heavy atom. The molecule has 0 unspecified atom stereocenters. The van der Waals surface area contributed by atoms with Crippen LogP contribution in [0.2, 0.25) is 0 Å². The van der Waals surface area contributed by atoms with Crippen molar-refractivity contribution >= 4 is 5.82 Å². The van der Waals surface area contributed by atoms with Crippen LogP contribution in [0.25, 0.3) is 0 Å². The number of halogens is 2. The van der Waals surface area contributed by atoms with Crippen molar-refractivity contribution in [2.24, 2.45) is 0 Å². The SMILES string of the molecule is Fc1ccc(CN2CCn3nc(CNc4cnccn4)cc3C2)cc1F. The summed E-state index contributed by atoms with van der Waals surface area (Å²) in [6.07, 6.45) is 4.93. The Hall–Kier alpha value is -2.87. The topological polar surface area (TPSA) is 58.9 Å². The van der Waals surface area contributed by atoms with Crippen molar-refractivity contribution in [2.75, 3.05) is 11.9 Å². The van der Waals surface area contributed by atoms with Gasteiger partial charge in [0.2, 0.25) is 0 Å². The highest BCUT2D eigenvalue weighted by atomic mass is 19.2. The first-order valence-electron chi connectivity index (χ1n) is 8.39. The Morgan fingerprint density at radius 1 is 1.08 bits per heavy atom. The van der Waals surface area contributed by atoms with Crippen LogP contribution in [0, 0.1) is 11.6 Å². The van der Waals surface area contributed by atoms with E-state index in [2.05, 4.69) is 31.3 Å².